The van der Waals surface area contributed by atoms with Crippen LogP contribution in [0.15, 0.2) is 30.3 Å². The summed E-state index contributed by atoms with van der Waals surface area (Å²) in [6.07, 6.45) is 0. The first kappa shape index (κ1) is 17.4. The van der Waals surface area contributed by atoms with E-state index in [1.807, 2.05) is 25.1 Å². The van der Waals surface area contributed by atoms with Crippen LogP contribution in [0.5, 0.6) is 11.5 Å². The van der Waals surface area contributed by atoms with E-state index in [-0.39, 0.29) is 6.04 Å². The van der Waals surface area contributed by atoms with E-state index in [0.717, 1.165) is 32.5 Å². The lowest BCUT2D eigenvalue weighted by atomic mass is 10.1. The molecule has 4 aromatic rings. The fourth-order valence-electron chi connectivity index (χ4n) is 3.04. The summed E-state index contributed by atoms with van der Waals surface area (Å²) < 4.78 is 15.9. The number of nitrogens with zero attached hydrogens (tertiary/aromatic N) is 4. The van der Waals surface area contributed by atoms with E-state index in [0.29, 0.717) is 17.3 Å². The molecule has 1 N–H and O–H groups in total. The maximum Gasteiger partial charge on any atom is 0.162 e. The SMILES string of the molecule is COc1cc2nc(C)nc(NC(C)c3ccc4snnc4c3)c2cc1OC. The average molecular weight is 381 g/mol. The number of hydrogen-bond donors (Lipinski definition) is 1. The van der Waals surface area contributed by atoms with Gasteiger partial charge in [0, 0.05) is 11.5 Å². The van der Waals surface area contributed by atoms with Crippen molar-refractivity contribution >= 4 is 38.5 Å². The Hall–Kier alpha value is -3.00. The number of fused-ring (bicyclic) bond motifs is 2. The summed E-state index contributed by atoms with van der Waals surface area (Å²) in [4.78, 5) is 9.14. The lowest BCUT2D eigenvalue weighted by Gasteiger charge is -2.18. The van der Waals surface area contributed by atoms with Crippen LogP contribution < -0.4 is 14.8 Å². The smallest absolute Gasteiger partial charge is 0.162 e. The van der Waals surface area contributed by atoms with Crippen molar-refractivity contribution in [2.45, 2.75) is 19.9 Å². The molecule has 8 heteroatoms. The second-order valence-electron chi connectivity index (χ2n) is 6.21. The quantitative estimate of drug-likeness (QED) is 0.556. The Morgan fingerprint density at radius 3 is 2.56 bits per heavy atom. The average Bonchev–Trinajstić information content (AvgIpc) is 3.14. The molecule has 2 heterocycles. The summed E-state index contributed by atoms with van der Waals surface area (Å²) in [6.45, 7) is 3.96. The summed E-state index contributed by atoms with van der Waals surface area (Å²) in [6, 6.07) is 9.98. The van der Waals surface area contributed by atoms with Crippen molar-refractivity contribution in [1.82, 2.24) is 19.6 Å². The van der Waals surface area contributed by atoms with Crippen molar-refractivity contribution < 1.29 is 9.47 Å². The fraction of sp³-hybridized carbons (Fsp3) is 0.263. The van der Waals surface area contributed by atoms with Gasteiger partial charge in [0.25, 0.3) is 0 Å². The minimum atomic E-state index is 0.0293. The first-order valence-corrected chi connectivity index (χ1v) is 9.25. The highest BCUT2D eigenvalue weighted by Gasteiger charge is 2.15. The van der Waals surface area contributed by atoms with Crippen LogP contribution in [0.3, 0.4) is 0 Å². The third kappa shape index (κ3) is 3.23. The van der Waals surface area contributed by atoms with Gasteiger partial charge in [-0.2, -0.15) is 0 Å². The largest absolute Gasteiger partial charge is 0.493 e. The second-order valence-corrected chi connectivity index (χ2v) is 7.00. The number of hydrogen-bond acceptors (Lipinski definition) is 8. The van der Waals surface area contributed by atoms with Crippen LogP contribution >= 0.6 is 11.5 Å². The van der Waals surface area contributed by atoms with E-state index >= 15 is 0 Å². The molecule has 4 rings (SSSR count). The number of ether oxygens (including phenoxy) is 2. The van der Waals surface area contributed by atoms with Gasteiger partial charge in [0.1, 0.15) is 17.2 Å². The molecule has 0 amide bonds. The van der Waals surface area contributed by atoms with Gasteiger partial charge in [-0.05, 0) is 49.1 Å². The number of nitrogens with one attached hydrogen (secondary N) is 1. The van der Waals surface area contributed by atoms with E-state index in [1.54, 1.807) is 14.2 Å². The van der Waals surface area contributed by atoms with Gasteiger partial charge in [0.05, 0.1) is 30.5 Å². The maximum atomic E-state index is 5.44. The third-order valence-electron chi connectivity index (χ3n) is 4.44. The minimum absolute atomic E-state index is 0.0293. The van der Waals surface area contributed by atoms with Gasteiger partial charge in [0.2, 0.25) is 0 Å². The molecule has 0 saturated heterocycles. The maximum absolute atomic E-state index is 5.44. The lowest BCUT2D eigenvalue weighted by molar-refractivity contribution is 0.356. The standard InChI is InChI=1S/C19H19N5O2S/c1-10(12-5-6-18-15(7-12)23-24-27-18)20-19-13-8-16(25-3)17(26-4)9-14(13)21-11(2)22-19/h5-10H,1-4H3,(H,20,21,22). The number of methoxy groups -OCH3 is 2. The van der Waals surface area contributed by atoms with Crippen LogP contribution in [-0.4, -0.2) is 33.8 Å². The van der Waals surface area contributed by atoms with E-state index < -0.39 is 0 Å². The normalized spacial score (nSPS) is 12.3. The molecular weight excluding hydrogens is 362 g/mol. The number of aromatic nitrogens is 4. The fourth-order valence-corrected chi connectivity index (χ4v) is 3.58. The van der Waals surface area contributed by atoms with Gasteiger partial charge in [-0.3, -0.25) is 0 Å². The Bertz CT molecular complexity index is 1130. The second kappa shape index (κ2) is 6.96. The monoisotopic (exact) mass is 381 g/mol. The summed E-state index contributed by atoms with van der Waals surface area (Å²) in [5.41, 5.74) is 2.82. The number of aryl methyl sites for hydroxylation is 1. The third-order valence-corrected chi connectivity index (χ3v) is 5.14. The first-order valence-electron chi connectivity index (χ1n) is 8.48. The molecule has 0 aliphatic carbocycles. The van der Waals surface area contributed by atoms with Gasteiger partial charge < -0.3 is 14.8 Å². The van der Waals surface area contributed by atoms with Gasteiger partial charge in [0.15, 0.2) is 11.5 Å². The first-order chi connectivity index (χ1) is 13.1. The molecule has 0 spiro atoms. The Morgan fingerprint density at radius 1 is 1.00 bits per heavy atom. The summed E-state index contributed by atoms with van der Waals surface area (Å²) in [7, 11) is 3.23. The molecule has 0 aliphatic heterocycles. The molecule has 2 aromatic heterocycles. The van der Waals surface area contributed by atoms with Crippen LogP contribution in [0, 0.1) is 6.92 Å². The Morgan fingerprint density at radius 2 is 1.78 bits per heavy atom. The van der Waals surface area contributed by atoms with Crippen molar-refractivity contribution in [3.05, 3.63) is 41.7 Å². The van der Waals surface area contributed by atoms with Crippen molar-refractivity contribution in [3.8, 4) is 11.5 Å². The molecule has 27 heavy (non-hydrogen) atoms. The number of anilines is 1. The molecule has 0 fully saturated rings. The predicted molar refractivity (Wildman–Crippen MR) is 107 cm³/mol. The summed E-state index contributed by atoms with van der Waals surface area (Å²) in [5.74, 6) is 2.72. The molecule has 7 nitrogen and oxygen atoms in total. The lowest BCUT2D eigenvalue weighted by Crippen LogP contribution is -2.09. The Labute approximate surface area is 160 Å². The Balaban J connectivity index is 1.75. The zero-order chi connectivity index (χ0) is 19.0. The molecular formula is C19H19N5O2S. The zero-order valence-electron chi connectivity index (χ0n) is 15.5. The molecule has 138 valence electrons. The Kier molecular flexibility index (Phi) is 4.49. The zero-order valence-corrected chi connectivity index (χ0v) is 16.3. The molecule has 0 radical (unpaired) electrons. The van der Waals surface area contributed by atoms with Gasteiger partial charge in [-0.25, -0.2) is 9.97 Å². The summed E-state index contributed by atoms with van der Waals surface area (Å²) >= 11 is 1.40. The van der Waals surface area contributed by atoms with Gasteiger partial charge in [-0.15, -0.1) is 5.10 Å². The van der Waals surface area contributed by atoms with Crippen molar-refractivity contribution in [1.29, 1.82) is 0 Å². The van der Waals surface area contributed by atoms with Crippen LogP contribution in [0.4, 0.5) is 5.82 Å². The van der Waals surface area contributed by atoms with Crippen LogP contribution in [0.2, 0.25) is 0 Å². The van der Waals surface area contributed by atoms with Crippen LogP contribution in [-0.2, 0) is 0 Å². The minimum Gasteiger partial charge on any atom is -0.493 e. The number of rotatable bonds is 5. The molecule has 0 bridgehead atoms. The van der Waals surface area contributed by atoms with Gasteiger partial charge in [-0.1, -0.05) is 10.6 Å². The van der Waals surface area contributed by atoms with E-state index in [2.05, 4.69) is 43.9 Å². The number of benzene rings is 2. The highest BCUT2D eigenvalue weighted by molar-refractivity contribution is 7.12. The van der Waals surface area contributed by atoms with Crippen LogP contribution in [0.25, 0.3) is 21.1 Å². The molecule has 1 unspecified atom stereocenters. The molecule has 2 aromatic carbocycles. The highest BCUT2D eigenvalue weighted by atomic mass is 32.1. The highest BCUT2D eigenvalue weighted by Crippen LogP contribution is 2.35. The van der Waals surface area contributed by atoms with Gasteiger partial charge >= 0.3 is 0 Å². The van der Waals surface area contributed by atoms with Crippen LogP contribution in [0.1, 0.15) is 24.4 Å². The van der Waals surface area contributed by atoms with Crippen molar-refractivity contribution in [2.24, 2.45) is 0 Å². The van der Waals surface area contributed by atoms with Crippen molar-refractivity contribution in [3.63, 3.8) is 0 Å². The van der Waals surface area contributed by atoms with Crippen molar-refractivity contribution in [2.75, 3.05) is 19.5 Å². The molecule has 0 saturated carbocycles. The van der Waals surface area contributed by atoms with E-state index in [1.165, 1.54) is 11.5 Å². The van der Waals surface area contributed by atoms with E-state index in [4.69, 9.17) is 9.47 Å². The predicted octanol–water partition coefficient (Wildman–Crippen LogP) is 4.13. The molecule has 0 aliphatic rings. The molecule has 1 atom stereocenters. The van der Waals surface area contributed by atoms with E-state index in [9.17, 15) is 0 Å². The summed E-state index contributed by atoms with van der Waals surface area (Å²) in [5, 5.41) is 8.53. The topological polar surface area (TPSA) is 82.1 Å².